The molecule has 6 nitrogen and oxygen atoms in total. The van der Waals surface area contributed by atoms with Crippen LogP contribution in [0.4, 0.5) is 10.5 Å². The largest absolute Gasteiger partial charge is 0.486 e. The Morgan fingerprint density at radius 3 is 2.32 bits per heavy atom. The van der Waals surface area contributed by atoms with Gasteiger partial charge in [-0.15, -0.1) is 0 Å². The highest BCUT2D eigenvalue weighted by Crippen LogP contribution is 2.22. The number of anilines is 1. The summed E-state index contributed by atoms with van der Waals surface area (Å²) in [6.45, 7) is 3.77. The fourth-order valence-corrected chi connectivity index (χ4v) is 2.68. The number of nitrogens with zero attached hydrogens (tertiary/aromatic N) is 1. The molecule has 6 heteroatoms. The molecule has 0 saturated heterocycles. The second-order valence-corrected chi connectivity index (χ2v) is 6.29. The Kier molecular flexibility index (Phi) is 6.01. The molecule has 142 valence electrons. The minimum atomic E-state index is -0.591. The van der Waals surface area contributed by atoms with Gasteiger partial charge in [0.05, 0.1) is 0 Å². The summed E-state index contributed by atoms with van der Waals surface area (Å²) in [4.78, 5) is 28.2. The average Bonchev–Trinajstić information content (AvgIpc) is 2.70. The molecule has 0 fully saturated rings. The summed E-state index contributed by atoms with van der Waals surface area (Å²) < 4.78 is 5.89. The number of benzene rings is 2. The van der Waals surface area contributed by atoms with Crippen LogP contribution in [-0.4, -0.2) is 16.9 Å². The van der Waals surface area contributed by atoms with E-state index < -0.39 is 11.9 Å². The van der Waals surface area contributed by atoms with Crippen molar-refractivity contribution in [3.63, 3.8) is 0 Å². The highest BCUT2D eigenvalue weighted by Gasteiger charge is 2.12. The van der Waals surface area contributed by atoms with Crippen LogP contribution >= 0.6 is 0 Å². The quantitative estimate of drug-likeness (QED) is 0.688. The van der Waals surface area contributed by atoms with Gasteiger partial charge in [-0.1, -0.05) is 18.2 Å². The molecule has 1 atom stereocenters. The van der Waals surface area contributed by atoms with Gasteiger partial charge in [-0.05, 0) is 67.4 Å². The van der Waals surface area contributed by atoms with E-state index in [0.717, 1.165) is 11.1 Å². The monoisotopic (exact) mass is 375 g/mol. The number of pyridine rings is 1. The number of amides is 3. The number of hydrogen-bond acceptors (Lipinski definition) is 4. The molecular weight excluding hydrogens is 354 g/mol. The predicted molar refractivity (Wildman–Crippen MR) is 107 cm³/mol. The predicted octanol–water partition coefficient (Wildman–Crippen LogP) is 4.49. The van der Waals surface area contributed by atoms with E-state index in [4.69, 9.17) is 4.74 Å². The van der Waals surface area contributed by atoms with Gasteiger partial charge in [0.25, 0.3) is 5.91 Å². The van der Waals surface area contributed by atoms with Crippen LogP contribution in [0.5, 0.6) is 5.75 Å². The Balaban J connectivity index is 1.56. The summed E-state index contributed by atoms with van der Waals surface area (Å²) in [7, 11) is 0. The lowest BCUT2D eigenvalue weighted by molar-refractivity contribution is 0.0966. The number of rotatable bonds is 5. The normalized spacial score (nSPS) is 11.4. The summed E-state index contributed by atoms with van der Waals surface area (Å²) >= 11 is 0. The third-order valence-corrected chi connectivity index (χ3v) is 4.22. The third-order valence-electron chi connectivity index (χ3n) is 4.22. The molecule has 0 aliphatic rings. The van der Waals surface area contributed by atoms with Gasteiger partial charge in [0.2, 0.25) is 0 Å². The molecule has 0 bridgehead atoms. The van der Waals surface area contributed by atoms with Crippen molar-refractivity contribution in [1.29, 1.82) is 0 Å². The molecule has 2 N–H and O–H groups in total. The van der Waals surface area contributed by atoms with Gasteiger partial charge in [-0.3, -0.25) is 15.1 Å². The van der Waals surface area contributed by atoms with Crippen molar-refractivity contribution in [3.05, 3.63) is 89.7 Å². The average molecular weight is 375 g/mol. The van der Waals surface area contributed by atoms with Crippen molar-refractivity contribution in [2.24, 2.45) is 0 Å². The fraction of sp³-hybridized carbons (Fsp3) is 0.136. The number of hydrogen-bond donors (Lipinski definition) is 2. The first kappa shape index (κ1) is 19.1. The molecule has 3 rings (SSSR count). The van der Waals surface area contributed by atoms with Gasteiger partial charge in [0.15, 0.2) is 0 Å². The maximum absolute atomic E-state index is 12.2. The van der Waals surface area contributed by atoms with Crippen molar-refractivity contribution >= 4 is 17.6 Å². The minimum Gasteiger partial charge on any atom is -0.486 e. The summed E-state index contributed by atoms with van der Waals surface area (Å²) in [6.07, 6.45) is 3.31. The Bertz CT molecular complexity index is 956. The fourth-order valence-electron chi connectivity index (χ4n) is 2.68. The van der Waals surface area contributed by atoms with Crippen molar-refractivity contribution in [2.45, 2.75) is 20.0 Å². The maximum atomic E-state index is 12.2. The van der Waals surface area contributed by atoms with E-state index in [1.54, 1.807) is 48.8 Å². The van der Waals surface area contributed by atoms with E-state index in [-0.39, 0.29) is 6.10 Å². The topological polar surface area (TPSA) is 80.3 Å². The van der Waals surface area contributed by atoms with Gasteiger partial charge >= 0.3 is 6.03 Å². The van der Waals surface area contributed by atoms with Gasteiger partial charge in [-0.25, -0.2) is 4.79 Å². The molecule has 0 aliphatic heterocycles. The Labute approximate surface area is 163 Å². The molecule has 0 aliphatic carbocycles. The number of carbonyl (C=O) groups is 2. The summed E-state index contributed by atoms with van der Waals surface area (Å²) in [5.74, 6) is 0.230. The molecule has 1 unspecified atom stereocenters. The molecule has 28 heavy (non-hydrogen) atoms. The van der Waals surface area contributed by atoms with Crippen molar-refractivity contribution < 1.29 is 14.3 Å². The van der Waals surface area contributed by atoms with E-state index in [0.29, 0.717) is 17.0 Å². The molecule has 0 radical (unpaired) electrons. The first-order chi connectivity index (χ1) is 13.5. The first-order valence-electron chi connectivity index (χ1n) is 8.87. The number of aryl methyl sites for hydroxylation is 1. The molecule has 2 aromatic carbocycles. The summed E-state index contributed by atoms with van der Waals surface area (Å²) in [5.41, 5.74) is 2.84. The number of ether oxygens (including phenoxy) is 1. The second kappa shape index (κ2) is 8.81. The van der Waals surface area contributed by atoms with Crippen LogP contribution in [0.15, 0.2) is 73.1 Å². The minimum absolute atomic E-state index is 0.128. The zero-order valence-corrected chi connectivity index (χ0v) is 15.7. The zero-order valence-electron chi connectivity index (χ0n) is 15.7. The van der Waals surface area contributed by atoms with E-state index in [9.17, 15) is 9.59 Å². The Morgan fingerprint density at radius 1 is 0.964 bits per heavy atom. The molecule has 1 aromatic heterocycles. The van der Waals surface area contributed by atoms with Gasteiger partial charge in [0, 0.05) is 23.6 Å². The number of nitrogens with one attached hydrogen (secondary N) is 2. The van der Waals surface area contributed by atoms with Crippen molar-refractivity contribution in [1.82, 2.24) is 10.3 Å². The van der Waals surface area contributed by atoms with Gasteiger partial charge < -0.3 is 10.1 Å². The molecular formula is C22H21N3O3. The number of aromatic nitrogens is 1. The first-order valence-corrected chi connectivity index (χ1v) is 8.87. The van der Waals surface area contributed by atoms with Crippen molar-refractivity contribution in [2.75, 3.05) is 5.32 Å². The highest BCUT2D eigenvalue weighted by molar-refractivity contribution is 6.08. The standard InChI is InChI=1S/C22H21N3O3/c1-15-5-3-4-6-20(15)21(26)25-22(27)24-18-7-9-19(10-8-18)28-16(2)17-11-13-23-14-12-17/h3-14,16H,1-2H3,(H2,24,25,26,27). The van der Waals surface area contributed by atoms with Gasteiger partial charge in [0.1, 0.15) is 11.9 Å². The SMILES string of the molecule is Cc1ccccc1C(=O)NC(=O)Nc1ccc(OC(C)c2ccncc2)cc1. The molecule has 1 heterocycles. The summed E-state index contributed by atoms with van der Waals surface area (Å²) in [5, 5.41) is 4.97. The van der Waals surface area contributed by atoms with Gasteiger partial charge in [-0.2, -0.15) is 0 Å². The molecule has 3 aromatic rings. The van der Waals surface area contributed by atoms with Crippen LogP contribution in [0, 0.1) is 6.92 Å². The van der Waals surface area contributed by atoms with Crippen molar-refractivity contribution in [3.8, 4) is 5.75 Å². The maximum Gasteiger partial charge on any atom is 0.326 e. The number of carbonyl (C=O) groups excluding carboxylic acids is 2. The van der Waals surface area contributed by atoms with E-state index in [1.165, 1.54) is 0 Å². The number of urea groups is 1. The lowest BCUT2D eigenvalue weighted by Gasteiger charge is -2.15. The lowest BCUT2D eigenvalue weighted by atomic mass is 10.1. The second-order valence-electron chi connectivity index (χ2n) is 6.29. The van der Waals surface area contributed by atoms with Crippen LogP contribution in [0.3, 0.4) is 0 Å². The lowest BCUT2D eigenvalue weighted by Crippen LogP contribution is -2.34. The zero-order chi connectivity index (χ0) is 19.9. The van der Waals surface area contributed by atoms with Crippen LogP contribution < -0.4 is 15.4 Å². The van der Waals surface area contributed by atoms with E-state index >= 15 is 0 Å². The van der Waals surface area contributed by atoms with E-state index in [2.05, 4.69) is 15.6 Å². The molecule has 3 amide bonds. The smallest absolute Gasteiger partial charge is 0.326 e. The number of imide groups is 1. The van der Waals surface area contributed by atoms with Crippen LogP contribution in [0.25, 0.3) is 0 Å². The molecule has 0 saturated carbocycles. The Hall–Kier alpha value is -3.67. The summed E-state index contributed by atoms with van der Waals surface area (Å²) in [6, 6.07) is 17.2. The molecule has 0 spiro atoms. The third kappa shape index (κ3) is 4.94. The van der Waals surface area contributed by atoms with Crippen LogP contribution in [0.1, 0.15) is 34.5 Å². The highest BCUT2D eigenvalue weighted by atomic mass is 16.5. The van der Waals surface area contributed by atoms with Crippen LogP contribution in [0.2, 0.25) is 0 Å². The Morgan fingerprint density at radius 2 is 1.64 bits per heavy atom. The van der Waals surface area contributed by atoms with E-state index in [1.807, 2.05) is 38.1 Å². The van der Waals surface area contributed by atoms with Crippen LogP contribution in [-0.2, 0) is 0 Å².